The molecular formula is C21H27N5S. The van der Waals surface area contributed by atoms with E-state index in [1.165, 1.54) is 30.6 Å². The minimum atomic E-state index is 0.611. The van der Waals surface area contributed by atoms with Crippen LogP contribution in [0.25, 0.3) is 5.13 Å². The molecule has 5 nitrogen and oxygen atoms in total. The minimum Gasteiger partial charge on any atom is -0.296 e. The number of rotatable bonds is 7. The maximum Gasteiger partial charge on any atom is 0.193 e. The fraction of sp³-hybridized carbons (Fsp3) is 0.429. The summed E-state index contributed by atoms with van der Waals surface area (Å²) >= 11 is 1.69. The first-order valence-electron chi connectivity index (χ1n) is 9.75. The van der Waals surface area contributed by atoms with Crippen LogP contribution in [0, 0.1) is 0 Å². The van der Waals surface area contributed by atoms with Crippen molar-refractivity contribution in [2.45, 2.75) is 38.9 Å². The van der Waals surface area contributed by atoms with E-state index in [1.54, 1.807) is 11.3 Å². The van der Waals surface area contributed by atoms with E-state index in [9.17, 15) is 0 Å². The molecule has 3 aromatic heterocycles. The first-order chi connectivity index (χ1) is 13.3. The fourth-order valence-electron chi connectivity index (χ4n) is 3.99. The summed E-state index contributed by atoms with van der Waals surface area (Å²) in [6.45, 7) is 7.64. The standard InChI is InChI=1S/C21H27N5S/c1-2-25(15-18-7-9-22-10-8-18)19-5-3-12-24(16-19)17-20-6-4-13-26(20)21-23-11-14-27-21/h4,6-11,13-14,19H,2-3,5,12,15-17H2,1H3/t19-/m0/s1. The molecule has 0 spiro atoms. The van der Waals surface area contributed by atoms with Crippen LogP contribution in [0.5, 0.6) is 0 Å². The molecule has 6 heteroatoms. The van der Waals surface area contributed by atoms with Gasteiger partial charge >= 0.3 is 0 Å². The van der Waals surface area contributed by atoms with E-state index in [0.29, 0.717) is 6.04 Å². The second-order valence-electron chi connectivity index (χ2n) is 7.13. The van der Waals surface area contributed by atoms with E-state index < -0.39 is 0 Å². The summed E-state index contributed by atoms with van der Waals surface area (Å²) in [6, 6.07) is 9.22. The Bertz CT molecular complexity index is 814. The highest BCUT2D eigenvalue weighted by Gasteiger charge is 2.25. The van der Waals surface area contributed by atoms with Crippen molar-refractivity contribution in [2.24, 2.45) is 0 Å². The first-order valence-corrected chi connectivity index (χ1v) is 10.6. The summed E-state index contributed by atoms with van der Waals surface area (Å²) in [7, 11) is 0. The Morgan fingerprint density at radius 1 is 1.22 bits per heavy atom. The molecule has 0 N–H and O–H groups in total. The molecule has 1 atom stereocenters. The summed E-state index contributed by atoms with van der Waals surface area (Å²) in [4.78, 5) is 13.8. The third-order valence-corrected chi connectivity index (χ3v) is 6.15. The molecule has 0 aliphatic carbocycles. The average molecular weight is 382 g/mol. The number of piperidine rings is 1. The molecule has 1 saturated heterocycles. The molecule has 1 aliphatic rings. The number of aromatic nitrogens is 3. The quantitative estimate of drug-likeness (QED) is 0.624. The normalized spacial score (nSPS) is 18.2. The van der Waals surface area contributed by atoms with Gasteiger partial charge in [-0.25, -0.2) is 4.98 Å². The summed E-state index contributed by atoms with van der Waals surface area (Å²) < 4.78 is 2.23. The van der Waals surface area contributed by atoms with E-state index >= 15 is 0 Å². The van der Waals surface area contributed by atoms with Gasteiger partial charge in [0.25, 0.3) is 0 Å². The number of pyridine rings is 1. The van der Waals surface area contributed by atoms with Gasteiger partial charge in [-0.1, -0.05) is 6.92 Å². The van der Waals surface area contributed by atoms with Gasteiger partial charge in [0.2, 0.25) is 0 Å². The molecule has 0 radical (unpaired) electrons. The van der Waals surface area contributed by atoms with Gasteiger partial charge < -0.3 is 0 Å². The predicted molar refractivity (Wildman–Crippen MR) is 110 cm³/mol. The van der Waals surface area contributed by atoms with Crippen molar-refractivity contribution in [2.75, 3.05) is 19.6 Å². The summed E-state index contributed by atoms with van der Waals surface area (Å²) in [5.74, 6) is 0. The molecule has 0 amide bonds. The summed E-state index contributed by atoms with van der Waals surface area (Å²) in [6.07, 6.45) is 10.3. The Morgan fingerprint density at radius 3 is 2.89 bits per heavy atom. The molecule has 0 aromatic carbocycles. The van der Waals surface area contributed by atoms with Crippen molar-refractivity contribution in [3.63, 3.8) is 0 Å². The smallest absolute Gasteiger partial charge is 0.193 e. The van der Waals surface area contributed by atoms with E-state index in [4.69, 9.17) is 0 Å². The highest BCUT2D eigenvalue weighted by Crippen LogP contribution is 2.22. The minimum absolute atomic E-state index is 0.611. The highest BCUT2D eigenvalue weighted by atomic mass is 32.1. The lowest BCUT2D eigenvalue weighted by molar-refractivity contribution is 0.0908. The van der Waals surface area contributed by atoms with Crippen molar-refractivity contribution < 1.29 is 0 Å². The van der Waals surface area contributed by atoms with Crippen molar-refractivity contribution in [1.29, 1.82) is 0 Å². The zero-order valence-electron chi connectivity index (χ0n) is 15.9. The third kappa shape index (κ3) is 4.46. The maximum absolute atomic E-state index is 4.47. The van der Waals surface area contributed by atoms with Crippen LogP contribution < -0.4 is 0 Å². The number of hydrogen-bond donors (Lipinski definition) is 0. The lowest BCUT2D eigenvalue weighted by Crippen LogP contribution is -2.47. The Kier molecular flexibility index (Phi) is 5.97. The van der Waals surface area contributed by atoms with Crippen LogP contribution >= 0.6 is 11.3 Å². The molecule has 1 fully saturated rings. The largest absolute Gasteiger partial charge is 0.296 e. The van der Waals surface area contributed by atoms with Crippen molar-refractivity contribution in [3.05, 3.63) is 65.7 Å². The van der Waals surface area contributed by atoms with Gasteiger partial charge in [0, 0.05) is 61.5 Å². The molecular weight excluding hydrogens is 354 g/mol. The van der Waals surface area contributed by atoms with E-state index in [1.807, 2.05) is 24.0 Å². The molecule has 4 heterocycles. The Morgan fingerprint density at radius 2 is 2.11 bits per heavy atom. The lowest BCUT2D eigenvalue weighted by atomic mass is 10.0. The van der Waals surface area contributed by atoms with Gasteiger partial charge in [-0.05, 0) is 55.8 Å². The van der Waals surface area contributed by atoms with Crippen LogP contribution in [0.4, 0.5) is 0 Å². The Labute approximate surface area is 165 Å². The van der Waals surface area contributed by atoms with Crippen molar-refractivity contribution in [3.8, 4) is 5.13 Å². The molecule has 142 valence electrons. The van der Waals surface area contributed by atoms with Crippen LogP contribution in [0.2, 0.25) is 0 Å². The molecule has 0 unspecified atom stereocenters. The number of likely N-dealkylation sites (N-methyl/N-ethyl adjacent to an activating group) is 1. The zero-order valence-corrected chi connectivity index (χ0v) is 16.7. The number of likely N-dealkylation sites (tertiary alicyclic amines) is 1. The zero-order chi connectivity index (χ0) is 18.5. The third-order valence-electron chi connectivity index (χ3n) is 5.38. The SMILES string of the molecule is CCN(Cc1ccncc1)[C@H]1CCCN(Cc2cccn2-c2nccs2)C1. The van der Waals surface area contributed by atoms with Gasteiger partial charge in [0.05, 0.1) is 0 Å². The highest BCUT2D eigenvalue weighted by molar-refractivity contribution is 7.12. The van der Waals surface area contributed by atoms with Crippen molar-refractivity contribution >= 4 is 11.3 Å². The van der Waals surface area contributed by atoms with E-state index in [0.717, 1.165) is 31.3 Å². The summed E-state index contributed by atoms with van der Waals surface area (Å²) in [5.41, 5.74) is 2.67. The molecule has 0 bridgehead atoms. The Balaban J connectivity index is 1.41. The van der Waals surface area contributed by atoms with Gasteiger partial charge in [0.1, 0.15) is 0 Å². The summed E-state index contributed by atoms with van der Waals surface area (Å²) in [5, 5.41) is 3.09. The Hall–Kier alpha value is -2.02. The van der Waals surface area contributed by atoms with Gasteiger partial charge in [-0.15, -0.1) is 11.3 Å². The monoisotopic (exact) mass is 381 g/mol. The number of hydrogen-bond acceptors (Lipinski definition) is 5. The average Bonchev–Trinajstić information content (AvgIpc) is 3.39. The fourth-order valence-corrected chi connectivity index (χ4v) is 4.65. The topological polar surface area (TPSA) is 37.2 Å². The van der Waals surface area contributed by atoms with Gasteiger partial charge in [-0.2, -0.15) is 0 Å². The number of thiazole rings is 1. The first kappa shape index (κ1) is 18.3. The van der Waals surface area contributed by atoms with Gasteiger partial charge in [0.15, 0.2) is 5.13 Å². The predicted octanol–water partition coefficient (Wildman–Crippen LogP) is 3.82. The van der Waals surface area contributed by atoms with Crippen LogP contribution in [-0.2, 0) is 13.1 Å². The van der Waals surface area contributed by atoms with Crippen LogP contribution in [-0.4, -0.2) is 50.0 Å². The van der Waals surface area contributed by atoms with Crippen molar-refractivity contribution in [1.82, 2.24) is 24.3 Å². The number of nitrogens with zero attached hydrogens (tertiary/aromatic N) is 5. The van der Waals surface area contributed by atoms with Crippen LogP contribution in [0.1, 0.15) is 31.0 Å². The van der Waals surface area contributed by atoms with Crippen LogP contribution in [0.3, 0.4) is 0 Å². The van der Waals surface area contributed by atoms with Crippen LogP contribution in [0.15, 0.2) is 54.4 Å². The molecule has 27 heavy (non-hydrogen) atoms. The second-order valence-corrected chi connectivity index (χ2v) is 8.01. The molecule has 3 aromatic rings. The lowest BCUT2D eigenvalue weighted by Gasteiger charge is -2.39. The molecule has 4 rings (SSSR count). The molecule has 0 saturated carbocycles. The van der Waals surface area contributed by atoms with Gasteiger partial charge in [-0.3, -0.25) is 19.4 Å². The van der Waals surface area contributed by atoms with E-state index in [-0.39, 0.29) is 0 Å². The molecule has 1 aliphatic heterocycles. The second kappa shape index (κ2) is 8.78. The van der Waals surface area contributed by atoms with E-state index in [2.05, 4.69) is 61.7 Å². The maximum atomic E-state index is 4.47.